The predicted octanol–water partition coefficient (Wildman–Crippen LogP) is 2.40. The summed E-state index contributed by atoms with van der Waals surface area (Å²) in [6.45, 7) is 5.83. The van der Waals surface area contributed by atoms with Gasteiger partial charge in [-0.15, -0.1) is 0 Å². The summed E-state index contributed by atoms with van der Waals surface area (Å²) in [6, 6.07) is 2.00. The third-order valence-corrected chi connectivity index (χ3v) is 2.84. The highest BCUT2D eigenvalue weighted by molar-refractivity contribution is 5.61. The molecule has 18 heavy (non-hydrogen) atoms. The van der Waals surface area contributed by atoms with Crippen molar-refractivity contribution in [1.29, 1.82) is 0 Å². The van der Waals surface area contributed by atoms with E-state index in [-0.39, 0.29) is 5.56 Å². The summed E-state index contributed by atoms with van der Waals surface area (Å²) >= 11 is 0. The Morgan fingerprint density at radius 3 is 2.72 bits per heavy atom. The number of H-pyrrole nitrogens is 1. The molecule has 2 heterocycles. The average Bonchev–Trinajstić information content (AvgIpc) is 2.34. The molecule has 0 aliphatic heterocycles. The number of nitrogens with one attached hydrogen (secondary N) is 1. The fourth-order valence-corrected chi connectivity index (χ4v) is 1.90. The average molecular weight is 243 g/mol. The van der Waals surface area contributed by atoms with E-state index >= 15 is 0 Å². The van der Waals surface area contributed by atoms with Crippen LogP contribution >= 0.6 is 0 Å². The van der Waals surface area contributed by atoms with E-state index in [0.717, 1.165) is 35.5 Å². The Morgan fingerprint density at radius 2 is 2.06 bits per heavy atom. The standard InChI is InChI=1S/C14H17N3O/c1-4-5-12-16-13(10(3)14(18)17-12)11-6-9(2)7-15-8-11/h6-8H,4-5H2,1-3H3,(H,16,17,18). The van der Waals surface area contributed by atoms with Crippen molar-refractivity contribution in [2.75, 3.05) is 0 Å². The minimum absolute atomic E-state index is 0.0649. The van der Waals surface area contributed by atoms with Crippen molar-refractivity contribution in [2.45, 2.75) is 33.6 Å². The summed E-state index contributed by atoms with van der Waals surface area (Å²) in [5.41, 5.74) is 3.27. The zero-order chi connectivity index (χ0) is 13.1. The van der Waals surface area contributed by atoms with E-state index in [9.17, 15) is 4.79 Å². The van der Waals surface area contributed by atoms with Crippen molar-refractivity contribution in [3.8, 4) is 11.3 Å². The molecule has 2 aromatic rings. The van der Waals surface area contributed by atoms with Gasteiger partial charge < -0.3 is 4.98 Å². The molecule has 4 nitrogen and oxygen atoms in total. The second kappa shape index (κ2) is 5.12. The molecule has 0 radical (unpaired) electrons. The Bertz CT molecular complexity index is 617. The van der Waals surface area contributed by atoms with E-state index in [0.29, 0.717) is 5.56 Å². The van der Waals surface area contributed by atoms with E-state index in [4.69, 9.17) is 0 Å². The smallest absolute Gasteiger partial charge is 0.254 e. The van der Waals surface area contributed by atoms with Crippen LogP contribution in [0, 0.1) is 13.8 Å². The van der Waals surface area contributed by atoms with Gasteiger partial charge in [0, 0.05) is 29.9 Å². The van der Waals surface area contributed by atoms with Gasteiger partial charge in [0.15, 0.2) is 0 Å². The molecule has 4 heteroatoms. The van der Waals surface area contributed by atoms with Crippen LogP contribution in [0.3, 0.4) is 0 Å². The van der Waals surface area contributed by atoms with Crippen LogP contribution in [-0.4, -0.2) is 15.0 Å². The van der Waals surface area contributed by atoms with E-state index in [1.807, 2.05) is 13.0 Å². The minimum atomic E-state index is -0.0649. The monoisotopic (exact) mass is 243 g/mol. The van der Waals surface area contributed by atoms with Crippen LogP contribution in [0.15, 0.2) is 23.3 Å². The van der Waals surface area contributed by atoms with Gasteiger partial charge in [0.1, 0.15) is 5.82 Å². The normalized spacial score (nSPS) is 10.6. The van der Waals surface area contributed by atoms with Crippen LogP contribution in [-0.2, 0) is 6.42 Å². The number of nitrogens with zero attached hydrogens (tertiary/aromatic N) is 2. The van der Waals surface area contributed by atoms with Crippen LogP contribution in [0.2, 0.25) is 0 Å². The summed E-state index contributed by atoms with van der Waals surface area (Å²) in [7, 11) is 0. The number of hydrogen-bond acceptors (Lipinski definition) is 3. The highest BCUT2D eigenvalue weighted by Crippen LogP contribution is 2.18. The first-order valence-electron chi connectivity index (χ1n) is 6.13. The van der Waals surface area contributed by atoms with Crippen LogP contribution in [0.5, 0.6) is 0 Å². The maximum Gasteiger partial charge on any atom is 0.254 e. The molecular formula is C14H17N3O. The zero-order valence-corrected chi connectivity index (χ0v) is 10.9. The van der Waals surface area contributed by atoms with Crippen LogP contribution in [0.1, 0.15) is 30.3 Å². The maximum atomic E-state index is 11.9. The molecule has 0 aromatic carbocycles. The maximum absolute atomic E-state index is 11.9. The lowest BCUT2D eigenvalue weighted by molar-refractivity contribution is 0.822. The number of rotatable bonds is 3. The fraction of sp³-hybridized carbons (Fsp3) is 0.357. The van der Waals surface area contributed by atoms with Gasteiger partial charge in [-0.25, -0.2) is 4.98 Å². The third-order valence-electron chi connectivity index (χ3n) is 2.84. The Balaban J connectivity index is 2.59. The lowest BCUT2D eigenvalue weighted by Gasteiger charge is -2.07. The number of aromatic amines is 1. The van der Waals surface area contributed by atoms with E-state index in [1.165, 1.54) is 0 Å². The summed E-state index contributed by atoms with van der Waals surface area (Å²) in [4.78, 5) is 23.4. The fourth-order valence-electron chi connectivity index (χ4n) is 1.90. The van der Waals surface area contributed by atoms with Gasteiger partial charge in [-0.1, -0.05) is 6.92 Å². The molecule has 2 aromatic heterocycles. The van der Waals surface area contributed by atoms with Gasteiger partial charge in [-0.2, -0.15) is 0 Å². The Morgan fingerprint density at radius 1 is 1.28 bits per heavy atom. The first-order chi connectivity index (χ1) is 8.61. The van der Waals surface area contributed by atoms with E-state index in [2.05, 4.69) is 21.9 Å². The van der Waals surface area contributed by atoms with Crippen molar-refractivity contribution in [1.82, 2.24) is 15.0 Å². The first-order valence-corrected chi connectivity index (χ1v) is 6.13. The van der Waals surface area contributed by atoms with E-state index in [1.54, 1.807) is 19.3 Å². The van der Waals surface area contributed by atoms with Crippen LogP contribution in [0.25, 0.3) is 11.3 Å². The first kappa shape index (κ1) is 12.5. The topological polar surface area (TPSA) is 58.6 Å². The summed E-state index contributed by atoms with van der Waals surface area (Å²) in [5, 5.41) is 0. The summed E-state index contributed by atoms with van der Waals surface area (Å²) < 4.78 is 0. The van der Waals surface area contributed by atoms with E-state index < -0.39 is 0 Å². The van der Waals surface area contributed by atoms with Crippen LogP contribution < -0.4 is 5.56 Å². The molecule has 0 fully saturated rings. The molecule has 1 N–H and O–H groups in total. The van der Waals surface area contributed by atoms with Gasteiger partial charge >= 0.3 is 0 Å². The quantitative estimate of drug-likeness (QED) is 0.900. The number of hydrogen-bond donors (Lipinski definition) is 1. The van der Waals surface area contributed by atoms with Crippen molar-refractivity contribution in [3.63, 3.8) is 0 Å². The van der Waals surface area contributed by atoms with Gasteiger partial charge in [0.25, 0.3) is 5.56 Å². The third kappa shape index (κ3) is 2.47. The molecule has 0 saturated carbocycles. The van der Waals surface area contributed by atoms with Crippen molar-refractivity contribution in [3.05, 3.63) is 45.8 Å². The van der Waals surface area contributed by atoms with Gasteiger partial charge in [0.2, 0.25) is 0 Å². The minimum Gasteiger partial charge on any atom is -0.310 e. The molecule has 0 atom stereocenters. The van der Waals surface area contributed by atoms with Crippen LogP contribution in [0.4, 0.5) is 0 Å². The number of pyridine rings is 1. The summed E-state index contributed by atoms with van der Waals surface area (Å²) in [5.74, 6) is 0.740. The molecule has 0 aliphatic rings. The Kier molecular flexibility index (Phi) is 3.55. The molecule has 0 spiro atoms. The van der Waals surface area contributed by atoms with Gasteiger partial charge in [-0.3, -0.25) is 9.78 Å². The summed E-state index contributed by atoms with van der Waals surface area (Å²) in [6.07, 6.45) is 5.27. The van der Waals surface area contributed by atoms with Crippen molar-refractivity contribution < 1.29 is 0 Å². The molecule has 94 valence electrons. The molecule has 0 unspecified atom stereocenters. The zero-order valence-electron chi connectivity index (χ0n) is 10.9. The lowest BCUT2D eigenvalue weighted by atomic mass is 10.1. The largest absolute Gasteiger partial charge is 0.310 e. The van der Waals surface area contributed by atoms with Gasteiger partial charge in [-0.05, 0) is 31.9 Å². The molecular weight excluding hydrogens is 226 g/mol. The van der Waals surface area contributed by atoms with Gasteiger partial charge in [0.05, 0.1) is 5.69 Å². The second-order valence-electron chi connectivity index (χ2n) is 4.49. The highest BCUT2D eigenvalue weighted by atomic mass is 16.1. The number of aromatic nitrogens is 3. The molecule has 0 aliphatic carbocycles. The Hall–Kier alpha value is -1.97. The van der Waals surface area contributed by atoms with Crippen molar-refractivity contribution >= 4 is 0 Å². The molecule has 2 rings (SSSR count). The molecule has 0 saturated heterocycles. The molecule has 0 bridgehead atoms. The highest BCUT2D eigenvalue weighted by Gasteiger charge is 2.09. The lowest BCUT2D eigenvalue weighted by Crippen LogP contribution is -2.16. The molecule has 0 amide bonds. The SMILES string of the molecule is CCCc1nc(-c2cncc(C)c2)c(C)c(=O)[nH]1. The number of aryl methyl sites for hydroxylation is 2. The van der Waals surface area contributed by atoms with Crippen molar-refractivity contribution in [2.24, 2.45) is 0 Å². The Labute approximate surface area is 106 Å². The predicted molar refractivity (Wildman–Crippen MR) is 71.6 cm³/mol. The second-order valence-corrected chi connectivity index (χ2v) is 4.49.